The van der Waals surface area contributed by atoms with E-state index >= 15 is 0 Å². The van der Waals surface area contributed by atoms with E-state index in [1.807, 2.05) is 6.26 Å². The molecule has 4 rings (SSSR count). The van der Waals surface area contributed by atoms with Crippen LogP contribution in [0.1, 0.15) is 22.8 Å². The van der Waals surface area contributed by atoms with E-state index in [1.54, 1.807) is 29.4 Å². The van der Waals surface area contributed by atoms with Gasteiger partial charge in [0.15, 0.2) is 0 Å². The topological polar surface area (TPSA) is 64.7 Å². The summed E-state index contributed by atoms with van der Waals surface area (Å²) in [6, 6.07) is 0. The Morgan fingerprint density at radius 1 is 1.29 bits per heavy atom. The van der Waals surface area contributed by atoms with Crippen molar-refractivity contribution in [3.8, 4) is 0 Å². The third-order valence-corrected chi connectivity index (χ3v) is 5.94. The van der Waals surface area contributed by atoms with Crippen LogP contribution < -0.4 is 0 Å². The first kappa shape index (κ1) is 13.5. The molecule has 8 heteroatoms. The lowest BCUT2D eigenvalue weighted by Crippen LogP contribution is -1.87. The van der Waals surface area contributed by atoms with Crippen molar-refractivity contribution in [2.75, 3.05) is 6.26 Å². The third kappa shape index (κ3) is 2.45. The van der Waals surface area contributed by atoms with Gasteiger partial charge in [0.2, 0.25) is 5.89 Å². The van der Waals surface area contributed by atoms with Gasteiger partial charge in [-0.15, -0.1) is 21.5 Å². The number of thioether (sulfide) groups is 1. The Labute approximate surface area is 134 Å². The zero-order chi connectivity index (χ0) is 14.2. The Hall–Kier alpha value is -1.12. The molecular weight excluding hydrogens is 324 g/mol. The lowest BCUT2D eigenvalue weighted by atomic mass is 10.2. The molecule has 108 valence electrons. The van der Waals surface area contributed by atoms with Gasteiger partial charge in [-0.1, -0.05) is 0 Å². The van der Waals surface area contributed by atoms with E-state index < -0.39 is 0 Å². The summed E-state index contributed by atoms with van der Waals surface area (Å²) in [4.78, 5) is 11.4. The van der Waals surface area contributed by atoms with E-state index in [0.717, 1.165) is 22.0 Å². The molecule has 0 bridgehead atoms. The van der Waals surface area contributed by atoms with Crippen molar-refractivity contribution in [3.63, 3.8) is 0 Å². The molecule has 0 unspecified atom stereocenters. The Morgan fingerprint density at radius 2 is 2.24 bits per heavy atom. The van der Waals surface area contributed by atoms with E-state index in [2.05, 4.69) is 20.2 Å². The van der Waals surface area contributed by atoms with Crippen LogP contribution in [-0.4, -0.2) is 26.4 Å². The molecule has 3 heterocycles. The Balaban J connectivity index is 1.72. The predicted octanol–water partition coefficient (Wildman–Crippen LogP) is 3.58. The summed E-state index contributed by atoms with van der Waals surface area (Å²) in [7, 11) is 0. The Kier molecular flexibility index (Phi) is 3.60. The minimum atomic E-state index is 0.553. The van der Waals surface area contributed by atoms with Crippen molar-refractivity contribution in [1.29, 1.82) is 0 Å². The van der Waals surface area contributed by atoms with E-state index in [4.69, 9.17) is 4.42 Å². The summed E-state index contributed by atoms with van der Waals surface area (Å²) in [5, 5.41) is 10.8. The molecule has 0 saturated heterocycles. The van der Waals surface area contributed by atoms with E-state index in [1.165, 1.54) is 40.4 Å². The first-order valence-electron chi connectivity index (χ1n) is 6.59. The molecule has 0 radical (unpaired) electrons. The zero-order valence-corrected chi connectivity index (χ0v) is 13.8. The van der Waals surface area contributed by atoms with Gasteiger partial charge < -0.3 is 4.42 Å². The minimum Gasteiger partial charge on any atom is -0.415 e. The van der Waals surface area contributed by atoms with Gasteiger partial charge in [-0.3, -0.25) is 0 Å². The maximum Gasteiger partial charge on any atom is 0.282 e. The molecule has 0 fully saturated rings. The number of hydrogen-bond donors (Lipinski definition) is 0. The highest BCUT2D eigenvalue weighted by atomic mass is 32.2. The standard InChI is InChI=1S/C13H12N4OS3/c1-19-5-9-16-17-13(18-9)21-12-10-7-3-2-4-8(7)20-11(10)14-6-15-12/h6H,2-5H2,1H3. The van der Waals surface area contributed by atoms with Gasteiger partial charge in [0.05, 0.1) is 5.75 Å². The molecule has 0 saturated carbocycles. The van der Waals surface area contributed by atoms with Crippen LogP contribution in [0.25, 0.3) is 10.2 Å². The minimum absolute atomic E-state index is 0.553. The van der Waals surface area contributed by atoms with Crippen LogP contribution in [0.5, 0.6) is 0 Å². The van der Waals surface area contributed by atoms with Crippen LogP contribution in [0.3, 0.4) is 0 Å². The van der Waals surface area contributed by atoms with Crippen LogP contribution in [-0.2, 0) is 18.6 Å². The summed E-state index contributed by atoms with van der Waals surface area (Å²) < 4.78 is 5.64. The van der Waals surface area contributed by atoms with Crippen molar-refractivity contribution in [2.24, 2.45) is 0 Å². The summed E-state index contributed by atoms with van der Waals surface area (Å²) in [5.74, 6) is 1.39. The summed E-state index contributed by atoms with van der Waals surface area (Å²) in [5.41, 5.74) is 1.42. The van der Waals surface area contributed by atoms with Crippen LogP contribution in [0.4, 0.5) is 0 Å². The Bertz CT molecular complexity index is 798. The van der Waals surface area contributed by atoms with Crippen LogP contribution in [0.15, 0.2) is 21.0 Å². The highest BCUT2D eigenvalue weighted by Gasteiger charge is 2.22. The van der Waals surface area contributed by atoms with Crippen molar-refractivity contribution in [3.05, 3.63) is 22.7 Å². The second-order valence-electron chi connectivity index (χ2n) is 4.71. The van der Waals surface area contributed by atoms with Gasteiger partial charge >= 0.3 is 0 Å². The number of aryl methyl sites for hydroxylation is 2. The molecule has 1 aliphatic carbocycles. The lowest BCUT2D eigenvalue weighted by Gasteiger charge is -2.00. The van der Waals surface area contributed by atoms with Crippen molar-refractivity contribution < 1.29 is 4.42 Å². The average Bonchev–Trinajstić information content (AvgIpc) is 3.15. The maximum absolute atomic E-state index is 5.64. The molecule has 1 aliphatic rings. The fourth-order valence-electron chi connectivity index (χ4n) is 2.52. The van der Waals surface area contributed by atoms with Gasteiger partial charge in [0.25, 0.3) is 5.22 Å². The van der Waals surface area contributed by atoms with Gasteiger partial charge in [-0.25, -0.2) is 9.97 Å². The van der Waals surface area contributed by atoms with Crippen LogP contribution >= 0.6 is 34.9 Å². The van der Waals surface area contributed by atoms with Crippen LogP contribution in [0.2, 0.25) is 0 Å². The molecule has 0 aromatic carbocycles. The molecule has 0 aliphatic heterocycles. The van der Waals surface area contributed by atoms with Crippen molar-refractivity contribution in [2.45, 2.75) is 35.3 Å². The smallest absolute Gasteiger partial charge is 0.282 e. The van der Waals surface area contributed by atoms with Crippen LogP contribution in [0, 0.1) is 0 Å². The number of thiophene rings is 1. The fraction of sp³-hybridized carbons (Fsp3) is 0.385. The van der Waals surface area contributed by atoms with Gasteiger partial charge in [-0.05, 0) is 42.8 Å². The first-order chi connectivity index (χ1) is 10.3. The zero-order valence-electron chi connectivity index (χ0n) is 11.3. The predicted molar refractivity (Wildman–Crippen MR) is 85.1 cm³/mol. The second-order valence-corrected chi connectivity index (χ2v) is 7.60. The quantitative estimate of drug-likeness (QED) is 0.675. The van der Waals surface area contributed by atoms with E-state index in [-0.39, 0.29) is 0 Å². The molecule has 0 atom stereocenters. The molecule has 3 aromatic rings. The molecule has 21 heavy (non-hydrogen) atoms. The van der Waals surface area contributed by atoms with Gasteiger partial charge in [0.1, 0.15) is 16.2 Å². The van der Waals surface area contributed by atoms with E-state index in [0.29, 0.717) is 11.1 Å². The monoisotopic (exact) mass is 336 g/mol. The maximum atomic E-state index is 5.64. The molecule has 0 N–H and O–H groups in total. The second kappa shape index (κ2) is 5.58. The third-order valence-electron chi connectivity index (χ3n) is 3.37. The first-order valence-corrected chi connectivity index (χ1v) is 9.62. The Morgan fingerprint density at radius 3 is 3.14 bits per heavy atom. The number of hydrogen-bond acceptors (Lipinski definition) is 8. The van der Waals surface area contributed by atoms with Crippen molar-refractivity contribution >= 4 is 45.1 Å². The molecular formula is C13H12N4OS3. The lowest BCUT2D eigenvalue weighted by molar-refractivity contribution is 0.426. The fourth-order valence-corrected chi connectivity index (χ4v) is 4.98. The highest BCUT2D eigenvalue weighted by molar-refractivity contribution is 7.99. The van der Waals surface area contributed by atoms with Gasteiger partial charge in [0, 0.05) is 10.3 Å². The SMILES string of the molecule is CSCc1nnc(Sc2ncnc3sc4c(c23)CCC4)o1. The number of aromatic nitrogens is 4. The molecule has 0 amide bonds. The van der Waals surface area contributed by atoms with E-state index in [9.17, 15) is 0 Å². The molecule has 3 aromatic heterocycles. The molecule has 5 nitrogen and oxygen atoms in total. The summed E-state index contributed by atoms with van der Waals surface area (Å²) in [6.45, 7) is 0. The highest BCUT2D eigenvalue weighted by Crippen LogP contribution is 2.41. The van der Waals surface area contributed by atoms with Gasteiger partial charge in [-0.2, -0.15) is 11.8 Å². The largest absolute Gasteiger partial charge is 0.415 e. The number of rotatable bonds is 4. The van der Waals surface area contributed by atoms with Crippen molar-refractivity contribution in [1.82, 2.24) is 20.2 Å². The number of nitrogens with zero attached hydrogens (tertiary/aromatic N) is 4. The normalized spacial score (nSPS) is 14.0. The number of fused-ring (bicyclic) bond motifs is 3. The molecule has 0 spiro atoms. The average molecular weight is 336 g/mol. The summed E-state index contributed by atoms with van der Waals surface area (Å²) in [6.07, 6.45) is 7.15. The summed E-state index contributed by atoms with van der Waals surface area (Å²) >= 11 is 4.90.